The Bertz CT molecular complexity index is 4190. The van der Waals surface area contributed by atoms with Crippen LogP contribution in [0.25, 0.3) is 0 Å². The fourth-order valence-electron chi connectivity index (χ4n) is 32.8. The molecule has 13 saturated carbocycles. The number of rotatable bonds is 22. The molecule has 0 aromatic heterocycles. The first-order valence-corrected chi connectivity index (χ1v) is 60.5. The lowest BCUT2D eigenvalue weighted by atomic mass is 9.59. The molecule has 0 aromatic carbocycles. The zero-order chi connectivity index (χ0) is 106. The van der Waals surface area contributed by atoms with Crippen LogP contribution in [0.15, 0.2) is 0 Å². The van der Waals surface area contributed by atoms with Gasteiger partial charge in [0.05, 0.1) is 115 Å². The van der Waals surface area contributed by atoms with E-state index in [2.05, 4.69) is 118 Å². The van der Waals surface area contributed by atoms with Crippen molar-refractivity contribution in [3.05, 3.63) is 0 Å². The van der Waals surface area contributed by atoms with Crippen molar-refractivity contribution in [2.45, 2.75) is 521 Å². The number of ether oxygens (including phenoxy) is 21. The number of carbonyl (C=O) groups is 3. The predicted octanol–water partition coefficient (Wildman–Crippen LogP) is 26.0. The Kier molecular flexibility index (Phi) is 36.8. The molecule has 9 saturated heterocycles. The molecule has 0 N–H and O–H groups in total. The summed E-state index contributed by atoms with van der Waals surface area (Å²) in [5.41, 5.74) is 0.879. The van der Waals surface area contributed by atoms with E-state index in [0.717, 1.165) is 281 Å². The molecule has 24 heteroatoms. The SMILES string of the molecule is CC1C2CC(C1C)C1(COC3(CCCCC3)OC1)C2.CCC(C)(C)C(=O)OC1CC2CC(C1)OC(C)(C)O2.CCC1(C)OCC(COC(=O)C2OCC3(CO2)CC2CC3C(C)(C)C2C)O1.CCC1(C)OCC2(CO1)CC1CC2C(C)C1C.CCCCC1(C)OC2CC(OC(=O)C(C)(C)CC)CC2O1.CCCCC1(C)OCC(C2OCC3(CO2)CC2CC3C(C)C2C)O1.CCCCCC1(C)OCC2(CO1)CC1CC2C(C)C1C. The predicted molar refractivity (Wildman–Crippen MR) is 565 cm³/mol. The lowest BCUT2D eigenvalue weighted by Crippen LogP contribution is -2.54. The van der Waals surface area contributed by atoms with E-state index < -0.39 is 46.2 Å². The Labute approximate surface area is 889 Å². The van der Waals surface area contributed by atoms with Gasteiger partial charge in [0.1, 0.15) is 31.0 Å². The normalized spacial score (nSPS) is 46.9. The fraction of sp³-hybridized carbons (Fsp3) is 0.976. The fourth-order valence-corrected chi connectivity index (χ4v) is 32.8. The molecule has 147 heavy (non-hydrogen) atoms. The summed E-state index contributed by atoms with van der Waals surface area (Å²) in [7, 11) is 0. The van der Waals surface area contributed by atoms with E-state index in [-0.39, 0.29) is 102 Å². The van der Waals surface area contributed by atoms with Crippen molar-refractivity contribution in [2.24, 2.45) is 156 Å². The first kappa shape index (κ1) is 117. The van der Waals surface area contributed by atoms with Crippen molar-refractivity contribution in [2.75, 3.05) is 85.9 Å². The maximum absolute atomic E-state index is 12.4. The second kappa shape index (κ2) is 46.2. The molecule has 0 amide bonds. The number of unbranched alkanes of at least 4 members (excludes halogenated alkanes) is 4. The molecule has 22 rings (SSSR count). The van der Waals surface area contributed by atoms with E-state index in [0.29, 0.717) is 54.0 Å². The first-order valence-electron chi connectivity index (χ1n) is 60.5. The average molecular weight is 2070 g/mol. The summed E-state index contributed by atoms with van der Waals surface area (Å²) in [6, 6.07) is 0. The Morgan fingerprint density at radius 3 is 1.15 bits per heavy atom. The van der Waals surface area contributed by atoms with Gasteiger partial charge in [-0.3, -0.25) is 9.59 Å². The van der Waals surface area contributed by atoms with Gasteiger partial charge in [0.15, 0.2) is 46.8 Å². The highest BCUT2D eigenvalue weighted by atomic mass is 16.8. The molecule has 846 valence electrons. The van der Waals surface area contributed by atoms with Crippen molar-refractivity contribution >= 4 is 17.9 Å². The summed E-state index contributed by atoms with van der Waals surface area (Å²) >= 11 is 0. The highest BCUT2D eigenvalue weighted by molar-refractivity contribution is 5.76. The molecule has 6 spiro atoms. The van der Waals surface area contributed by atoms with Crippen molar-refractivity contribution in [1.82, 2.24) is 0 Å². The quantitative estimate of drug-likeness (QED) is 0.0555. The maximum atomic E-state index is 12.4. The molecular formula is C123H210O24. The second-order valence-electron chi connectivity index (χ2n) is 56.0. The first-order chi connectivity index (χ1) is 69.3. The Hall–Kier alpha value is -2.31. The van der Waals surface area contributed by atoms with E-state index in [1.807, 2.05) is 83.1 Å². The Morgan fingerprint density at radius 2 is 0.741 bits per heavy atom. The highest BCUT2D eigenvalue weighted by Gasteiger charge is 2.68. The Balaban J connectivity index is 0.000000123. The third-order valence-corrected chi connectivity index (χ3v) is 44.7. The third-order valence-electron chi connectivity index (χ3n) is 44.7. The van der Waals surface area contributed by atoms with Crippen LogP contribution in [0.2, 0.25) is 0 Å². The Morgan fingerprint density at radius 1 is 0.347 bits per heavy atom. The molecule has 24 nitrogen and oxygen atoms in total. The van der Waals surface area contributed by atoms with Gasteiger partial charge in [-0.05, 0) is 316 Å². The third kappa shape index (κ3) is 25.0. The van der Waals surface area contributed by atoms with Crippen LogP contribution in [-0.4, -0.2) is 206 Å². The summed E-state index contributed by atoms with van der Waals surface area (Å²) in [6.07, 6.45) is 36.9. The average Bonchev–Trinajstić information content (AvgIpc) is 1.55. The summed E-state index contributed by atoms with van der Waals surface area (Å²) < 4.78 is 126. The lowest BCUT2D eigenvalue weighted by molar-refractivity contribution is -0.324. The smallest absolute Gasteiger partial charge is 0.363 e. The van der Waals surface area contributed by atoms with Gasteiger partial charge in [-0.2, -0.15) is 0 Å². The van der Waals surface area contributed by atoms with E-state index in [4.69, 9.17) is 99.5 Å². The molecule has 27 unspecified atom stereocenters. The van der Waals surface area contributed by atoms with E-state index in [9.17, 15) is 14.4 Å². The van der Waals surface area contributed by atoms with E-state index in [1.165, 1.54) is 96.3 Å². The zero-order valence-corrected chi connectivity index (χ0v) is 97.8. The van der Waals surface area contributed by atoms with Crippen LogP contribution in [0.1, 0.15) is 419 Å². The molecule has 22 fully saturated rings. The summed E-state index contributed by atoms with van der Waals surface area (Å²) in [4.78, 5) is 36.6. The minimum Gasteiger partial charge on any atom is -0.462 e. The number of fused-ring (bicyclic) bond motifs is 18. The maximum Gasteiger partial charge on any atom is 0.363 e. The van der Waals surface area contributed by atoms with Crippen molar-refractivity contribution in [1.29, 1.82) is 0 Å². The molecule has 13 aliphatic carbocycles. The van der Waals surface area contributed by atoms with Gasteiger partial charge in [0.25, 0.3) is 6.29 Å². The van der Waals surface area contributed by atoms with Crippen LogP contribution in [0, 0.1) is 156 Å². The van der Waals surface area contributed by atoms with Gasteiger partial charge >= 0.3 is 17.9 Å². The minimum absolute atomic E-state index is 0.0583. The van der Waals surface area contributed by atoms with Gasteiger partial charge in [-0.1, -0.05) is 157 Å². The molecule has 22 aliphatic rings. The van der Waals surface area contributed by atoms with Gasteiger partial charge in [0.2, 0.25) is 0 Å². The monoisotopic (exact) mass is 2070 g/mol. The molecule has 0 aromatic rings. The standard InChI is InChI=1S/C21H34O6.C20H34O4.C18H32O2.C17H30O4.C17H28O2.C15H26O4.C15H26O2/c1-6-20(5)26-10-15(27-20)9-23-17(22)18-24-11-21(12-25-18)8-14-7-16(21)19(3,4)13(14)2;1-5-6-7-19(4)23-10-17(24-19)18-21-11-20(12-22-18)9-15-8-16(20)14(3)13(15)2;1-5-6-7-8-17(4)19-11-18(12-20-17)10-15-9-16(18)14(3)13(15)2;1-6-8-9-17(5)20-13-10-12(11-14(13)21-17)19-15(18)16(3,4)7-2;1-12-13(2)15-8-14(12)9-16(15)10-18-17(19-11-16)6-4-3-5-7-17;1-6-14(2,3)13(16)17-10-7-11-9-12(8-10)19-15(4,5)18-11;1-5-14(4)16-8-15(9-17-14)7-12-6-13(15)11(3)10(12)2/h13-16,18H,6-12H2,1-5H3;13-18H,5-12H2,1-4H3;13-16H,5-12H2,1-4H3;12-14H,6-11H2,1-5H3;12-15H,3-11H2,1-2H3;10-12H,6-9H2,1-5H3;10-13H,5-9H2,1-4H3. The molecule has 12 bridgehead atoms. The van der Waals surface area contributed by atoms with Crippen molar-refractivity contribution in [3.63, 3.8) is 0 Å². The number of esters is 3. The summed E-state index contributed by atoms with van der Waals surface area (Å²) in [5.74, 6) is 12.5. The van der Waals surface area contributed by atoms with E-state index >= 15 is 0 Å². The number of hydrogen-bond acceptors (Lipinski definition) is 24. The van der Waals surface area contributed by atoms with E-state index in [1.54, 1.807) is 0 Å². The molecular weight excluding hydrogens is 1860 g/mol. The topological polar surface area (TPSA) is 245 Å². The summed E-state index contributed by atoms with van der Waals surface area (Å²) in [6.45, 7) is 72.9. The van der Waals surface area contributed by atoms with Crippen LogP contribution in [0.5, 0.6) is 0 Å². The lowest BCUT2D eigenvalue weighted by Gasteiger charge is -2.51. The van der Waals surface area contributed by atoms with Gasteiger partial charge < -0.3 is 99.5 Å². The van der Waals surface area contributed by atoms with Crippen LogP contribution in [-0.2, 0) is 114 Å². The molecule has 9 heterocycles. The van der Waals surface area contributed by atoms with Crippen LogP contribution in [0.3, 0.4) is 0 Å². The van der Waals surface area contributed by atoms with Gasteiger partial charge in [0, 0.05) is 91.3 Å². The largest absolute Gasteiger partial charge is 0.462 e. The van der Waals surface area contributed by atoms with Crippen molar-refractivity contribution < 1.29 is 114 Å². The van der Waals surface area contributed by atoms with Crippen LogP contribution < -0.4 is 0 Å². The summed E-state index contributed by atoms with van der Waals surface area (Å²) in [5, 5.41) is 0. The molecule has 9 aliphatic heterocycles. The second-order valence-corrected chi connectivity index (χ2v) is 56.0. The van der Waals surface area contributed by atoms with Crippen LogP contribution in [0.4, 0.5) is 0 Å². The van der Waals surface area contributed by atoms with Gasteiger partial charge in [-0.15, -0.1) is 0 Å². The van der Waals surface area contributed by atoms with Gasteiger partial charge in [-0.25, -0.2) is 4.79 Å². The van der Waals surface area contributed by atoms with Crippen molar-refractivity contribution in [3.8, 4) is 0 Å². The number of carbonyl (C=O) groups excluding carboxylic acids is 3. The van der Waals surface area contributed by atoms with Crippen LogP contribution >= 0.6 is 0 Å². The zero-order valence-electron chi connectivity index (χ0n) is 97.8. The minimum atomic E-state index is -0.921. The molecule has 27 atom stereocenters. The number of hydrogen-bond donors (Lipinski definition) is 0. The highest BCUT2D eigenvalue weighted by Crippen LogP contribution is 2.70. The molecule has 0 radical (unpaired) electrons.